The molecule has 1 aromatic heterocycles. The van der Waals surface area contributed by atoms with Crippen LogP contribution in [0.4, 0.5) is 0 Å². The van der Waals surface area contributed by atoms with Crippen molar-refractivity contribution in [3.8, 4) is 0 Å². The summed E-state index contributed by atoms with van der Waals surface area (Å²) in [7, 11) is 3.26. The smallest absolute Gasteiger partial charge is 0.191 e. The predicted octanol–water partition coefficient (Wildman–Crippen LogP) is 1.88. The second-order valence-corrected chi connectivity index (χ2v) is 4.69. The number of aryl methyl sites for hydroxylation is 1. The number of ether oxygens (including phenoxy) is 2. The van der Waals surface area contributed by atoms with Crippen LogP contribution in [0.2, 0.25) is 0 Å². The number of hydrogen-bond acceptors (Lipinski definition) is 5. The highest BCUT2D eigenvalue weighted by atomic mass is 32.2. The molecule has 0 saturated carbocycles. The molecule has 0 saturated heterocycles. The molecule has 0 unspecified atom stereocenters. The third-order valence-electron chi connectivity index (χ3n) is 2.23. The lowest BCUT2D eigenvalue weighted by Crippen LogP contribution is -2.16. The van der Waals surface area contributed by atoms with Gasteiger partial charge in [0.2, 0.25) is 0 Å². The van der Waals surface area contributed by atoms with E-state index in [1.807, 2.05) is 6.92 Å². The molecular weight excluding hydrogens is 226 g/mol. The average molecular weight is 245 g/mol. The van der Waals surface area contributed by atoms with Crippen molar-refractivity contribution in [1.82, 2.24) is 14.8 Å². The fourth-order valence-corrected chi connectivity index (χ4v) is 2.56. The van der Waals surface area contributed by atoms with Gasteiger partial charge < -0.3 is 14.0 Å². The van der Waals surface area contributed by atoms with Crippen LogP contribution in [-0.2, 0) is 9.47 Å². The topological polar surface area (TPSA) is 49.2 Å². The van der Waals surface area contributed by atoms with Crippen LogP contribution in [0, 0.1) is 6.92 Å². The van der Waals surface area contributed by atoms with Gasteiger partial charge in [-0.3, -0.25) is 0 Å². The molecule has 0 fully saturated rings. The molecule has 0 aliphatic heterocycles. The third kappa shape index (κ3) is 3.20. The zero-order chi connectivity index (χ0) is 12.1. The summed E-state index contributed by atoms with van der Waals surface area (Å²) >= 11 is 1.59. The van der Waals surface area contributed by atoms with Crippen LogP contribution in [0.3, 0.4) is 0 Å². The van der Waals surface area contributed by atoms with E-state index in [4.69, 9.17) is 9.47 Å². The number of thioether (sulfide) groups is 1. The van der Waals surface area contributed by atoms with Crippen LogP contribution >= 0.6 is 11.8 Å². The summed E-state index contributed by atoms with van der Waals surface area (Å²) in [6.45, 7) is 6.19. The van der Waals surface area contributed by atoms with Crippen molar-refractivity contribution in [1.29, 1.82) is 0 Å². The molecule has 0 amide bonds. The maximum atomic E-state index is 5.13. The number of methoxy groups -OCH3 is 2. The van der Waals surface area contributed by atoms with E-state index in [0.29, 0.717) is 11.8 Å². The predicted molar refractivity (Wildman–Crippen MR) is 63.7 cm³/mol. The fourth-order valence-electron chi connectivity index (χ4n) is 1.42. The summed E-state index contributed by atoms with van der Waals surface area (Å²) in [5.41, 5.74) is 0. The highest BCUT2D eigenvalue weighted by Gasteiger charge is 2.14. The van der Waals surface area contributed by atoms with E-state index in [1.165, 1.54) is 0 Å². The first-order valence-electron chi connectivity index (χ1n) is 5.20. The Labute approximate surface area is 101 Å². The SMILES string of the molecule is COC(CSc1nnc(C)n1C(C)C)OC. The van der Waals surface area contributed by atoms with Crippen molar-refractivity contribution < 1.29 is 9.47 Å². The first kappa shape index (κ1) is 13.5. The van der Waals surface area contributed by atoms with Crippen LogP contribution in [0.25, 0.3) is 0 Å². The normalized spacial score (nSPS) is 11.7. The quantitative estimate of drug-likeness (QED) is 0.565. The molecule has 0 aromatic carbocycles. The van der Waals surface area contributed by atoms with Gasteiger partial charge in [-0.15, -0.1) is 10.2 Å². The minimum absolute atomic E-state index is 0.206. The zero-order valence-electron chi connectivity index (χ0n) is 10.4. The summed E-state index contributed by atoms with van der Waals surface area (Å²) in [6.07, 6.45) is -0.206. The van der Waals surface area contributed by atoms with Crippen molar-refractivity contribution in [3.05, 3.63) is 5.82 Å². The lowest BCUT2D eigenvalue weighted by Gasteiger charge is -2.14. The molecule has 0 spiro atoms. The van der Waals surface area contributed by atoms with E-state index in [1.54, 1.807) is 26.0 Å². The van der Waals surface area contributed by atoms with Crippen molar-refractivity contribution >= 4 is 11.8 Å². The number of rotatable bonds is 6. The van der Waals surface area contributed by atoms with E-state index < -0.39 is 0 Å². The number of hydrogen-bond donors (Lipinski definition) is 0. The van der Waals surface area contributed by atoms with Crippen LogP contribution in [-0.4, -0.2) is 41.0 Å². The second-order valence-electron chi connectivity index (χ2n) is 3.71. The summed E-state index contributed by atoms with van der Waals surface area (Å²) < 4.78 is 12.4. The van der Waals surface area contributed by atoms with E-state index >= 15 is 0 Å². The maximum Gasteiger partial charge on any atom is 0.191 e. The molecule has 1 aromatic rings. The Balaban J connectivity index is 2.67. The number of nitrogens with zero attached hydrogens (tertiary/aromatic N) is 3. The molecule has 1 heterocycles. The van der Waals surface area contributed by atoms with E-state index in [-0.39, 0.29) is 6.29 Å². The molecular formula is C10H19N3O2S. The van der Waals surface area contributed by atoms with Gasteiger partial charge in [-0.25, -0.2) is 0 Å². The zero-order valence-corrected chi connectivity index (χ0v) is 11.2. The van der Waals surface area contributed by atoms with Crippen molar-refractivity contribution in [2.75, 3.05) is 20.0 Å². The Morgan fingerprint density at radius 2 is 1.88 bits per heavy atom. The lowest BCUT2D eigenvalue weighted by atomic mass is 10.4. The minimum atomic E-state index is -0.206. The molecule has 0 aliphatic rings. The molecule has 16 heavy (non-hydrogen) atoms. The molecule has 6 heteroatoms. The summed E-state index contributed by atoms with van der Waals surface area (Å²) in [6, 6.07) is 0.362. The largest absolute Gasteiger partial charge is 0.355 e. The Kier molecular flexibility index (Phi) is 5.24. The first-order valence-corrected chi connectivity index (χ1v) is 6.18. The van der Waals surface area contributed by atoms with E-state index in [0.717, 1.165) is 11.0 Å². The monoisotopic (exact) mass is 245 g/mol. The van der Waals surface area contributed by atoms with Gasteiger partial charge in [-0.05, 0) is 20.8 Å². The Morgan fingerprint density at radius 1 is 1.25 bits per heavy atom. The Hall–Kier alpha value is -0.590. The lowest BCUT2D eigenvalue weighted by molar-refractivity contribution is -0.0842. The maximum absolute atomic E-state index is 5.13. The van der Waals surface area contributed by atoms with Crippen LogP contribution in [0.1, 0.15) is 25.7 Å². The van der Waals surface area contributed by atoms with E-state index in [9.17, 15) is 0 Å². The van der Waals surface area contributed by atoms with Crippen LogP contribution in [0.5, 0.6) is 0 Å². The highest BCUT2D eigenvalue weighted by molar-refractivity contribution is 7.99. The fraction of sp³-hybridized carbons (Fsp3) is 0.800. The first-order chi connectivity index (χ1) is 7.60. The minimum Gasteiger partial charge on any atom is -0.355 e. The molecule has 0 N–H and O–H groups in total. The van der Waals surface area contributed by atoms with Crippen LogP contribution in [0.15, 0.2) is 5.16 Å². The van der Waals surface area contributed by atoms with Crippen molar-refractivity contribution in [2.45, 2.75) is 38.3 Å². The highest BCUT2D eigenvalue weighted by Crippen LogP contribution is 2.22. The third-order valence-corrected chi connectivity index (χ3v) is 3.20. The summed E-state index contributed by atoms with van der Waals surface area (Å²) in [5.74, 6) is 1.64. The van der Waals surface area contributed by atoms with Crippen molar-refractivity contribution in [3.63, 3.8) is 0 Å². The van der Waals surface area contributed by atoms with Gasteiger partial charge >= 0.3 is 0 Å². The van der Waals surface area contributed by atoms with E-state index in [2.05, 4.69) is 28.6 Å². The van der Waals surface area contributed by atoms with Gasteiger partial charge in [-0.1, -0.05) is 11.8 Å². The Morgan fingerprint density at radius 3 is 2.38 bits per heavy atom. The standard InChI is InChI=1S/C10H19N3O2S/c1-7(2)13-8(3)11-12-10(13)16-6-9(14-4)15-5/h7,9H,6H2,1-5H3. The number of aromatic nitrogens is 3. The molecule has 5 nitrogen and oxygen atoms in total. The molecule has 1 rings (SSSR count). The van der Waals surface area contributed by atoms with Gasteiger partial charge in [0.1, 0.15) is 5.82 Å². The summed E-state index contributed by atoms with van der Waals surface area (Å²) in [5, 5.41) is 9.13. The van der Waals surface area contributed by atoms with Crippen LogP contribution < -0.4 is 0 Å². The second kappa shape index (κ2) is 6.22. The molecule has 0 aliphatic carbocycles. The van der Waals surface area contributed by atoms with Gasteiger partial charge in [0, 0.05) is 20.3 Å². The average Bonchev–Trinajstić information content (AvgIpc) is 2.61. The van der Waals surface area contributed by atoms with Crippen molar-refractivity contribution in [2.24, 2.45) is 0 Å². The molecule has 92 valence electrons. The van der Waals surface area contributed by atoms with Gasteiger partial charge in [0.15, 0.2) is 11.4 Å². The van der Waals surface area contributed by atoms with Gasteiger partial charge in [0.25, 0.3) is 0 Å². The molecule has 0 bridgehead atoms. The van der Waals surface area contributed by atoms with Gasteiger partial charge in [-0.2, -0.15) is 0 Å². The van der Waals surface area contributed by atoms with Gasteiger partial charge in [0.05, 0.1) is 5.75 Å². The Bertz CT molecular complexity index is 324. The summed E-state index contributed by atoms with van der Waals surface area (Å²) in [4.78, 5) is 0. The molecule has 0 atom stereocenters. The molecule has 0 radical (unpaired) electrons.